The highest BCUT2D eigenvalue weighted by Crippen LogP contribution is 2.33. The maximum atomic E-state index is 13.3. The summed E-state index contributed by atoms with van der Waals surface area (Å²) in [7, 11) is 0. The van der Waals surface area contributed by atoms with Crippen LogP contribution < -0.4 is 0 Å². The van der Waals surface area contributed by atoms with Crippen molar-refractivity contribution in [1.29, 1.82) is 0 Å². The Labute approximate surface area is 87.7 Å². The van der Waals surface area contributed by atoms with Gasteiger partial charge in [0.05, 0.1) is 19.9 Å². The first-order chi connectivity index (χ1) is 6.58. The quantitative estimate of drug-likeness (QED) is 0.463. The predicted molar refractivity (Wildman–Crippen MR) is 55.7 cm³/mol. The first-order valence-corrected chi connectivity index (χ1v) is 4.91. The van der Waals surface area contributed by atoms with Gasteiger partial charge in [0.25, 0.3) is 5.69 Å². The van der Waals surface area contributed by atoms with Gasteiger partial charge in [-0.05, 0) is 6.07 Å². The molecule has 0 aliphatic rings. The smallest absolute Gasteiger partial charge is 0.258 e. The molecule has 0 radical (unpaired) electrons. The molecule has 0 aliphatic carbocycles. The van der Waals surface area contributed by atoms with Crippen LogP contribution in [0.1, 0.15) is 0 Å². The summed E-state index contributed by atoms with van der Waals surface area (Å²) in [5, 5.41) is 10.9. The Hall–Kier alpha value is -1.14. The third-order valence-electron chi connectivity index (χ3n) is 1.75. The molecule has 0 fully saturated rings. The molecule has 0 unspecified atom stereocenters. The van der Waals surface area contributed by atoms with E-state index in [1.807, 2.05) is 0 Å². The van der Waals surface area contributed by atoms with E-state index in [1.54, 1.807) is 6.07 Å². The number of fused-ring (bicyclic) bond motifs is 1. The minimum Gasteiger partial charge on any atom is -0.258 e. The van der Waals surface area contributed by atoms with Crippen LogP contribution >= 0.6 is 24.0 Å². The molecular formula is C8H4FNO2S2. The van der Waals surface area contributed by atoms with Crippen molar-refractivity contribution in [3.05, 3.63) is 34.1 Å². The molecule has 0 saturated carbocycles. The molecule has 2 rings (SSSR count). The fraction of sp³-hybridized carbons (Fsp3) is 0. The van der Waals surface area contributed by atoms with Gasteiger partial charge in [-0.2, -0.15) is 0 Å². The standard InChI is InChI=1S/C8H4FNO2S2/c9-6-3-5(10(11)12)1-4-2-7(13)14-8(4)6/h1-3,13H. The Morgan fingerprint density at radius 2 is 2.14 bits per heavy atom. The minimum atomic E-state index is -0.613. The molecule has 14 heavy (non-hydrogen) atoms. The molecule has 0 atom stereocenters. The number of hydrogen-bond acceptors (Lipinski definition) is 4. The molecular weight excluding hydrogens is 225 g/mol. The van der Waals surface area contributed by atoms with Crippen molar-refractivity contribution >= 4 is 39.7 Å². The van der Waals surface area contributed by atoms with Crippen LogP contribution in [-0.4, -0.2) is 4.92 Å². The number of hydrogen-bond donors (Lipinski definition) is 1. The van der Waals surface area contributed by atoms with Gasteiger partial charge in [-0.25, -0.2) is 4.39 Å². The fourth-order valence-electron chi connectivity index (χ4n) is 1.19. The maximum Gasteiger partial charge on any atom is 0.273 e. The third-order valence-corrected chi connectivity index (χ3v) is 3.12. The second kappa shape index (κ2) is 3.21. The van der Waals surface area contributed by atoms with E-state index in [9.17, 15) is 14.5 Å². The number of halogens is 1. The van der Waals surface area contributed by atoms with Gasteiger partial charge in [-0.3, -0.25) is 10.1 Å². The summed E-state index contributed by atoms with van der Waals surface area (Å²) in [4.78, 5) is 9.81. The monoisotopic (exact) mass is 229 g/mol. The molecule has 72 valence electrons. The zero-order chi connectivity index (χ0) is 10.3. The Bertz CT molecular complexity index is 523. The summed E-state index contributed by atoms with van der Waals surface area (Å²) < 4.78 is 14.3. The molecule has 0 aliphatic heterocycles. The van der Waals surface area contributed by atoms with Gasteiger partial charge in [0, 0.05) is 11.5 Å². The van der Waals surface area contributed by atoms with Gasteiger partial charge >= 0.3 is 0 Å². The molecule has 1 aromatic heterocycles. The van der Waals surface area contributed by atoms with Crippen LogP contribution in [0.2, 0.25) is 0 Å². The van der Waals surface area contributed by atoms with Gasteiger partial charge in [0.2, 0.25) is 0 Å². The predicted octanol–water partition coefficient (Wildman–Crippen LogP) is 3.24. The van der Waals surface area contributed by atoms with E-state index in [1.165, 1.54) is 17.4 Å². The van der Waals surface area contributed by atoms with Crippen LogP contribution in [0, 0.1) is 15.9 Å². The molecule has 0 bridgehead atoms. The Balaban J connectivity index is 2.77. The van der Waals surface area contributed by atoms with Crippen LogP contribution in [-0.2, 0) is 0 Å². The van der Waals surface area contributed by atoms with E-state index in [0.717, 1.165) is 6.07 Å². The van der Waals surface area contributed by atoms with E-state index in [-0.39, 0.29) is 5.69 Å². The highest BCUT2D eigenvalue weighted by molar-refractivity contribution is 7.83. The number of nitrogens with zero attached hydrogens (tertiary/aromatic N) is 1. The van der Waals surface area contributed by atoms with Crippen molar-refractivity contribution in [3.8, 4) is 0 Å². The van der Waals surface area contributed by atoms with Crippen LogP contribution in [0.15, 0.2) is 22.4 Å². The normalized spacial score (nSPS) is 10.7. The number of non-ortho nitro benzene ring substituents is 1. The number of thiol groups is 1. The highest BCUT2D eigenvalue weighted by Gasteiger charge is 2.13. The van der Waals surface area contributed by atoms with Crippen molar-refractivity contribution < 1.29 is 9.31 Å². The van der Waals surface area contributed by atoms with Crippen molar-refractivity contribution in [3.63, 3.8) is 0 Å². The number of thiophene rings is 1. The Morgan fingerprint density at radius 1 is 1.43 bits per heavy atom. The van der Waals surface area contributed by atoms with E-state index in [0.29, 0.717) is 14.3 Å². The fourth-order valence-corrected chi connectivity index (χ4v) is 2.39. The maximum absolute atomic E-state index is 13.3. The lowest BCUT2D eigenvalue weighted by atomic mass is 10.2. The summed E-state index contributed by atoms with van der Waals surface area (Å²) in [6.07, 6.45) is 0. The first-order valence-electron chi connectivity index (χ1n) is 3.64. The Kier molecular flexibility index (Phi) is 2.16. The zero-order valence-electron chi connectivity index (χ0n) is 6.73. The lowest BCUT2D eigenvalue weighted by molar-refractivity contribution is -0.384. The summed E-state index contributed by atoms with van der Waals surface area (Å²) in [5.41, 5.74) is -0.235. The molecule has 3 nitrogen and oxygen atoms in total. The van der Waals surface area contributed by atoms with Crippen LogP contribution in [0.25, 0.3) is 10.1 Å². The third kappa shape index (κ3) is 1.46. The van der Waals surface area contributed by atoms with Crippen molar-refractivity contribution in [2.24, 2.45) is 0 Å². The second-order valence-corrected chi connectivity index (χ2v) is 4.52. The summed E-state index contributed by atoms with van der Waals surface area (Å²) in [6.45, 7) is 0. The second-order valence-electron chi connectivity index (χ2n) is 2.69. The molecule has 0 spiro atoms. The van der Waals surface area contributed by atoms with Crippen LogP contribution in [0.5, 0.6) is 0 Å². The molecule has 0 saturated heterocycles. The molecule has 1 heterocycles. The SMILES string of the molecule is O=[N+]([O-])c1cc(F)c2sc(S)cc2c1. The van der Waals surface area contributed by atoms with Crippen molar-refractivity contribution in [2.75, 3.05) is 0 Å². The van der Waals surface area contributed by atoms with Crippen molar-refractivity contribution in [1.82, 2.24) is 0 Å². The molecule has 1 aromatic carbocycles. The highest BCUT2D eigenvalue weighted by atomic mass is 32.2. The van der Waals surface area contributed by atoms with Gasteiger partial charge in [0.15, 0.2) is 0 Å². The molecule has 6 heteroatoms. The van der Waals surface area contributed by atoms with Crippen LogP contribution in [0.4, 0.5) is 10.1 Å². The van der Waals surface area contributed by atoms with Gasteiger partial charge < -0.3 is 0 Å². The number of benzene rings is 1. The van der Waals surface area contributed by atoms with E-state index < -0.39 is 10.7 Å². The summed E-state index contributed by atoms with van der Waals surface area (Å²) >= 11 is 5.22. The van der Waals surface area contributed by atoms with E-state index >= 15 is 0 Å². The molecule has 0 amide bonds. The van der Waals surface area contributed by atoms with Gasteiger partial charge in [-0.15, -0.1) is 24.0 Å². The Morgan fingerprint density at radius 3 is 2.79 bits per heavy atom. The number of nitro groups is 1. The average molecular weight is 229 g/mol. The first kappa shape index (κ1) is 9.42. The molecule has 2 aromatic rings. The summed E-state index contributed by atoms with van der Waals surface area (Å²) in [5.74, 6) is -0.570. The zero-order valence-corrected chi connectivity index (χ0v) is 8.44. The average Bonchev–Trinajstić information content (AvgIpc) is 2.45. The topological polar surface area (TPSA) is 43.1 Å². The lowest BCUT2D eigenvalue weighted by Gasteiger charge is -1.93. The minimum absolute atomic E-state index is 0.235. The van der Waals surface area contributed by atoms with E-state index in [2.05, 4.69) is 12.6 Å². The van der Waals surface area contributed by atoms with E-state index in [4.69, 9.17) is 0 Å². The van der Waals surface area contributed by atoms with Gasteiger partial charge in [-0.1, -0.05) is 0 Å². The number of nitro benzene ring substituents is 1. The van der Waals surface area contributed by atoms with Crippen LogP contribution in [0.3, 0.4) is 0 Å². The lowest BCUT2D eigenvalue weighted by Crippen LogP contribution is -1.88. The summed E-state index contributed by atoms with van der Waals surface area (Å²) in [6, 6.07) is 3.87. The van der Waals surface area contributed by atoms with Crippen molar-refractivity contribution in [2.45, 2.75) is 4.21 Å². The number of rotatable bonds is 1. The molecule has 0 N–H and O–H groups in total. The largest absolute Gasteiger partial charge is 0.273 e. The van der Waals surface area contributed by atoms with Gasteiger partial charge in [0.1, 0.15) is 5.82 Å².